The molecule has 0 bridgehead atoms. The lowest BCUT2D eigenvalue weighted by molar-refractivity contribution is -0.388. The quantitative estimate of drug-likeness (QED) is 0.395. The summed E-state index contributed by atoms with van der Waals surface area (Å²) in [4.78, 5) is 27.9. The Morgan fingerprint density at radius 2 is 1.83 bits per heavy atom. The van der Waals surface area contributed by atoms with E-state index in [1.165, 1.54) is 19.1 Å². The summed E-state index contributed by atoms with van der Waals surface area (Å²) < 4.78 is 37.5. The molecule has 0 spiro atoms. The number of esters is 1. The molecule has 1 aliphatic rings. The van der Waals surface area contributed by atoms with Gasteiger partial charge < -0.3 is 9.47 Å². The van der Waals surface area contributed by atoms with E-state index in [0.29, 0.717) is 10.0 Å². The van der Waals surface area contributed by atoms with Crippen molar-refractivity contribution in [1.29, 1.82) is 0 Å². The van der Waals surface area contributed by atoms with Gasteiger partial charge in [-0.3, -0.25) is 10.1 Å². The Bertz CT molecular complexity index is 1030. The Kier molecular flexibility index (Phi) is 5.66. The van der Waals surface area contributed by atoms with E-state index in [2.05, 4.69) is 0 Å². The van der Waals surface area contributed by atoms with E-state index in [0.717, 1.165) is 12.1 Å². The molecular weight excluding hydrogens is 404 g/mol. The van der Waals surface area contributed by atoms with Crippen LogP contribution in [0.15, 0.2) is 59.5 Å². The monoisotopic (exact) mass is 422 g/mol. The normalized spacial score (nSPS) is 22.3. The van der Waals surface area contributed by atoms with Gasteiger partial charge in [0.25, 0.3) is 21.4 Å². The summed E-state index contributed by atoms with van der Waals surface area (Å²) in [6, 6.07) is 13.1. The highest BCUT2D eigenvalue weighted by atomic mass is 32.2. The topological polar surface area (TPSA) is 125 Å². The lowest BCUT2D eigenvalue weighted by Crippen LogP contribution is -2.52. The molecule has 2 aromatic carbocycles. The summed E-state index contributed by atoms with van der Waals surface area (Å²) >= 11 is 0. The Morgan fingerprint density at radius 1 is 1.21 bits per heavy atom. The van der Waals surface area contributed by atoms with Gasteiger partial charge in [0.15, 0.2) is 4.90 Å². The van der Waals surface area contributed by atoms with Crippen LogP contribution in [0.1, 0.15) is 25.7 Å². The van der Waals surface area contributed by atoms with Crippen LogP contribution in [-0.4, -0.2) is 36.1 Å². The van der Waals surface area contributed by atoms with Crippen LogP contribution in [0.2, 0.25) is 0 Å². The fourth-order valence-corrected chi connectivity index (χ4v) is 4.39. The van der Waals surface area contributed by atoms with Gasteiger partial charge in [-0.2, -0.15) is 0 Å². The third kappa shape index (κ3) is 3.72. The van der Waals surface area contributed by atoms with Crippen molar-refractivity contribution in [3.05, 3.63) is 70.3 Å². The number of nitro groups is 1. The molecule has 0 aromatic heterocycles. The first-order valence-electron chi connectivity index (χ1n) is 8.57. The first kappa shape index (κ1) is 20.9. The van der Waals surface area contributed by atoms with E-state index in [4.69, 9.17) is 14.3 Å². The molecule has 0 radical (unpaired) electrons. The maximum Gasteiger partial charge on any atom is 0.357 e. The standard InChI is InChI=1S/C18H18N2O8S/c1-3-26-17(21)18(2)20(28-16(27-18)13-9-5-4-6-10-13)29(24,25)15-12-8-7-11-14(15)19(22)23/h4-12,16H,3H2,1-2H3/t16-,18+/m1/s1. The molecule has 0 N–H and O–H groups in total. The Labute approximate surface area is 166 Å². The van der Waals surface area contributed by atoms with E-state index < -0.39 is 43.5 Å². The molecule has 0 amide bonds. The maximum atomic E-state index is 13.3. The van der Waals surface area contributed by atoms with Crippen molar-refractivity contribution in [2.45, 2.75) is 30.8 Å². The number of sulfonamides is 1. The molecule has 1 fully saturated rings. The van der Waals surface area contributed by atoms with Crippen molar-refractivity contribution in [2.75, 3.05) is 6.61 Å². The molecule has 154 valence electrons. The molecule has 1 aliphatic heterocycles. The second-order valence-corrected chi connectivity index (χ2v) is 7.85. The van der Waals surface area contributed by atoms with Gasteiger partial charge >= 0.3 is 5.97 Å². The zero-order valence-corrected chi connectivity index (χ0v) is 16.4. The number of nitrogens with zero attached hydrogens (tertiary/aromatic N) is 2. The minimum Gasteiger partial charge on any atom is -0.463 e. The van der Waals surface area contributed by atoms with Crippen LogP contribution in [0.25, 0.3) is 0 Å². The molecule has 11 heteroatoms. The second kappa shape index (κ2) is 7.87. The van der Waals surface area contributed by atoms with E-state index in [1.54, 1.807) is 37.3 Å². The van der Waals surface area contributed by atoms with Gasteiger partial charge in [-0.15, -0.1) is 0 Å². The number of rotatable bonds is 6. The number of hydrogen-bond donors (Lipinski definition) is 0. The summed E-state index contributed by atoms with van der Waals surface area (Å²) in [5, 5.41) is 11.3. The minimum absolute atomic E-state index is 0.0346. The van der Waals surface area contributed by atoms with Gasteiger partial charge in [-0.25, -0.2) is 18.0 Å². The van der Waals surface area contributed by atoms with Crippen molar-refractivity contribution in [3.8, 4) is 0 Å². The van der Waals surface area contributed by atoms with Gasteiger partial charge in [-0.05, 0) is 24.4 Å². The zero-order valence-electron chi connectivity index (χ0n) is 15.5. The minimum atomic E-state index is -4.68. The zero-order chi connectivity index (χ0) is 21.2. The van der Waals surface area contributed by atoms with Crippen molar-refractivity contribution < 1.29 is 32.4 Å². The van der Waals surface area contributed by atoms with E-state index in [1.807, 2.05) is 0 Å². The fraction of sp³-hybridized carbons (Fsp3) is 0.278. The van der Waals surface area contributed by atoms with Crippen LogP contribution >= 0.6 is 0 Å². The van der Waals surface area contributed by atoms with Crippen LogP contribution in [0.4, 0.5) is 5.69 Å². The third-order valence-electron chi connectivity index (χ3n) is 4.16. The van der Waals surface area contributed by atoms with Crippen LogP contribution in [-0.2, 0) is 29.1 Å². The maximum absolute atomic E-state index is 13.3. The highest BCUT2D eigenvalue weighted by Crippen LogP contribution is 2.42. The number of hydroxylamine groups is 1. The van der Waals surface area contributed by atoms with Gasteiger partial charge in [-0.1, -0.05) is 42.5 Å². The van der Waals surface area contributed by atoms with Crippen molar-refractivity contribution >= 4 is 21.7 Å². The fourth-order valence-electron chi connectivity index (χ4n) is 2.79. The van der Waals surface area contributed by atoms with Crippen molar-refractivity contribution in [2.24, 2.45) is 0 Å². The molecule has 3 rings (SSSR count). The molecule has 0 aliphatic carbocycles. The summed E-state index contributed by atoms with van der Waals surface area (Å²) in [5.74, 6) is -1.01. The van der Waals surface area contributed by atoms with Crippen molar-refractivity contribution in [1.82, 2.24) is 4.47 Å². The van der Waals surface area contributed by atoms with Crippen LogP contribution in [0.5, 0.6) is 0 Å². The highest BCUT2D eigenvalue weighted by molar-refractivity contribution is 7.89. The van der Waals surface area contributed by atoms with Gasteiger partial charge in [0.05, 0.1) is 11.5 Å². The Morgan fingerprint density at radius 3 is 2.45 bits per heavy atom. The van der Waals surface area contributed by atoms with E-state index >= 15 is 0 Å². The number of carbonyl (C=O) groups is 1. The van der Waals surface area contributed by atoms with E-state index in [9.17, 15) is 23.3 Å². The Balaban J connectivity index is 2.11. The highest BCUT2D eigenvalue weighted by Gasteiger charge is 2.59. The Hall–Kier alpha value is -2.86. The van der Waals surface area contributed by atoms with Crippen LogP contribution < -0.4 is 0 Å². The lowest BCUT2D eigenvalue weighted by atomic mass is 10.2. The van der Waals surface area contributed by atoms with Gasteiger partial charge in [0.1, 0.15) is 0 Å². The van der Waals surface area contributed by atoms with Crippen LogP contribution in [0.3, 0.4) is 0 Å². The number of benzene rings is 2. The smallest absolute Gasteiger partial charge is 0.357 e. The number of hydrogen-bond acceptors (Lipinski definition) is 8. The first-order valence-corrected chi connectivity index (χ1v) is 10.0. The first-order chi connectivity index (χ1) is 13.7. The van der Waals surface area contributed by atoms with Gasteiger partial charge in [0, 0.05) is 11.6 Å². The van der Waals surface area contributed by atoms with Crippen LogP contribution in [0, 0.1) is 10.1 Å². The summed E-state index contributed by atoms with van der Waals surface area (Å²) in [7, 11) is -4.68. The molecule has 2 aromatic rings. The predicted octanol–water partition coefficient (Wildman–Crippen LogP) is 2.53. The van der Waals surface area contributed by atoms with E-state index in [-0.39, 0.29) is 6.61 Å². The second-order valence-electron chi connectivity index (χ2n) is 6.13. The number of nitro benzene ring substituents is 1. The number of ether oxygens (including phenoxy) is 2. The molecule has 1 heterocycles. The molecule has 10 nitrogen and oxygen atoms in total. The van der Waals surface area contributed by atoms with Crippen molar-refractivity contribution in [3.63, 3.8) is 0 Å². The molecule has 29 heavy (non-hydrogen) atoms. The summed E-state index contributed by atoms with van der Waals surface area (Å²) in [6.07, 6.45) is -1.25. The largest absolute Gasteiger partial charge is 0.463 e. The molecule has 2 atom stereocenters. The average Bonchev–Trinajstić information content (AvgIpc) is 3.08. The van der Waals surface area contributed by atoms with Gasteiger partial charge in [0.2, 0.25) is 6.29 Å². The summed E-state index contributed by atoms with van der Waals surface area (Å²) in [6.45, 7) is 2.68. The predicted molar refractivity (Wildman–Crippen MR) is 98.5 cm³/mol. The molecule has 1 saturated heterocycles. The molecule has 0 unspecified atom stereocenters. The SMILES string of the molecule is CCOC(=O)[C@]1(C)O[C@@H](c2ccccc2)ON1S(=O)(=O)c1ccccc1[N+](=O)[O-]. The average molecular weight is 422 g/mol. The summed E-state index contributed by atoms with van der Waals surface area (Å²) in [5.41, 5.74) is -2.41. The third-order valence-corrected chi connectivity index (χ3v) is 5.93. The molecule has 0 saturated carbocycles. The number of carbonyl (C=O) groups excluding carboxylic acids is 1. The lowest BCUT2D eigenvalue weighted by Gasteiger charge is -2.27. The number of para-hydroxylation sites is 1. The molecular formula is C18H18N2O8S.